The van der Waals surface area contributed by atoms with Gasteiger partial charge in [0.15, 0.2) is 0 Å². The van der Waals surface area contributed by atoms with Gasteiger partial charge in [0.05, 0.1) is 13.7 Å². The van der Waals surface area contributed by atoms with Gasteiger partial charge in [0, 0.05) is 19.6 Å². The minimum atomic E-state index is -0.669. The van der Waals surface area contributed by atoms with Gasteiger partial charge in [-0.25, -0.2) is 4.79 Å². The molecular weight excluding hydrogens is 342 g/mol. The highest BCUT2D eigenvalue weighted by Crippen LogP contribution is 2.38. The number of ether oxygens (including phenoxy) is 1. The molecule has 27 heavy (non-hydrogen) atoms. The summed E-state index contributed by atoms with van der Waals surface area (Å²) >= 11 is 0. The molecule has 148 valence electrons. The van der Waals surface area contributed by atoms with Crippen molar-refractivity contribution in [3.63, 3.8) is 0 Å². The number of imide groups is 1. The van der Waals surface area contributed by atoms with E-state index in [0.29, 0.717) is 31.8 Å². The van der Waals surface area contributed by atoms with E-state index < -0.39 is 5.54 Å². The topological polar surface area (TPSA) is 53.1 Å². The molecule has 2 heterocycles. The maximum atomic E-state index is 13.4. The third-order valence-corrected chi connectivity index (χ3v) is 5.84. The van der Waals surface area contributed by atoms with Crippen LogP contribution in [-0.4, -0.2) is 66.0 Å². The lowest BCUT2D eigenvalue weighted by molar-refractivity contribution is -0.135. The number of methoxy groups -OCH3 is 1. The number of hydrogen-bond donors (Lipinski definition) is 0. The fourth-order valence-corrected chi connectivity index (χ4v) is 4.04. The molecule has 0 N–H and O–H groups in total. The van der Waals surface area contributed by atoms with Gasteiger partial charge in [-0.1, -0.05) is 26.0 Å². The van der Waals surface area contributed by atoms with E-state index >= 15 is 0 Å². The van der Waals surface area contributed by atoms with Crippen molar-refractivity contribution in [2.45, 2.75) is 45.2 Å². The minimum absolute atomic E-state index is 0.0350. The summed E-state index contributed by atoms with van der Waals surface area (Å²) in [6, 6.07) is 7.43. The molecule has 1 aromatic carbocycles. The summed E-state index contributed by atoms with van der Waals surface area (Å²) in [5, 5.41) is 0. The van der Waals surface area contributed by atoms with E-state index in [1.54, 1.807) is 7.11 Å². The highest BCUT2D eigenvalue weighted by atomic mass is 16.5. The zero-order valence-corrected chi connectivity index (χ0v) is 16.9. The smallest absolute Gasteiger partial charge is 0.327 e. The number of urea groups is 1. The van der Waals surface area contributed by atoms with Crippen LogP contribution in [0.2, 0.25) is 0 Å². The van der Waals surface area contributed by atoms with E-state index in [2.05, 4.69) is 25.8 Å². The van der Waals surface area contributed by atoms with E-state index in [4.69, 9.17) is 4.74 Å². The summed E-state index contributed by atoms with van der Waals surface area (Å²) in [6.45, 7) is 6.91. The molecule has 1 aromatic rings. The average molecular weight is 373 g/mol. The van der Waals surface area contributed by atoms with Crippen LogP contribution in [0.25, 0.3) is 0 Å². The van der Waals surface area contributed by atoms with Crippen LogP contribution >= 0.6 is 0 Å². The zero-order chi connectivity index (χ0) is 19.6. The van der Waals surface area contributed by atoms with Crippen molar-refractivity contribution >= 4 is 11.9 Å². The van der Waals surface area contributed by atoms with E-state index in [0.717, 1.165) is 30.8 Å². The van der Waals surface area contributed by atoms with E-state index in [1.165, 1.54) is 4.90 Å². The Bertz CT molecular complexity index is 696. The highest BCUT2D eigenvalue weighted by molar-refractivity contribution is 6.07. The van der Waals surface area contributed by atoms with Crippen molar-refractivity contribution in [2.24, 2.45) is 5.92 Å². The second-order valence-electron chi connectivity index (χ2n) is 8.19. The first-order chi connectivity index (χ1) is 12.9. The fourth-order valence-electron chi connectivity index (χ4n) is 4.04. The SMILES string of the molecule is COc1cccc(CN2C(=O)N(CCC(C)C)C3(CCN(C)CC3)C2=O)c1. The fraction of sp³-hybridized carbons (Fsp3) is 0.619. The quantitative estimate of drug-likeness (QED) is 0.720. The number of amides is 3. The van der Waals surface area contributed by atoms with E-state index in [1.807, 2.05) is 29.2 Å². The van der Waals surface area contributed by atoms with Crippen LogP contribution in [0.5, 0.6) is 5.75 Å². The van der Waals surface area contributed by atoms with Gasteiger partial charge < -0.3 is 14.5 Å². The monoisotopic (exact) mass is 373 g/mol. The molecule has 0 saturated carbocycles. The number of piperidine rings is 1. The number of carbonyl (C=O) groups excluding carboxylic acids is 2. The predicted octanol–water partition coefficient (Wildman–Crippen LogP) is 2.97. The molecule has 0 atom stereocenters. The van der Waals surface area contributed by atoms with Crippen LogP contribution in [0.1, 0.15) is 38.7 Å². The molecule has 6 nitrogen and oxygen atoms in total. The Morgan fingerprint density at radius 1 is 1.19 bits per heavy atom. The van der Waals surface area contributed by atoms with Gasteiger partial charge in [0.2, 0.25) is 0 Å². The Morgan fingerprint density at radius 3 is 2.52 bits per heavy atom. The third kappa shape index (κ3) is 3.81. The molecule has 0 unspecified atom stereocenters. The van der Waals surface area contributed by atoms with Gasteiger partial charge in [-0.3, -0.25) is 9.69 Å². The van der Waals surface area contributed by atoms with Crippen molar-refractivity contribution in [2.75, 3.05) is 33.8 Å². The summed E-state index contributed by atoms with van der Waals surface area (Å²) < 4.78 is 5.28. The number of likely N-dealkylation sites (tertiary alicyclic amines) is 1. The zero-order valence-electron chi connectivity index (χ0n) is 16.9. The Balaban J connectivity index is 1.86. The minimum Gasteiger partial charge on any atom is -0.497 e. The van der Waals surface area contributed by atoms with E-state index in [9.17, 15) is 9.59 Å². The summed E-state index contributed by atoms with van der Waals surface area (Å²) in [5.41, 5.74) is 0.238. The van der Waals surface area contributed by atoms with Gasteiger partial charge in [0.25, 0.3) is 5.91 Å². The van der Waals surface area contributed by atoms with Crippen LogP contribution in [0.4, 0.5) is 4.79 Å². The third-order valence-electron chi connectivity index (χ3n) is 5.84. The van der Waals surface area contributed by atoms with Gasteiger partial charge in [-0.05, 0) is 49.9 Å². The first-order valence-electron chi connectivity index (χ1n) is 9.82. The average Bonchev–Trinajstić information content (AvgIpc) is 2.84. The molecule has 2 fully saturated rings. The second kappa shape index (κ2) is 7.89. The molecule has 0 aliphatic carbocycles. The molecule has 1 spiro atoms. The van der Waals surface area contributed by atoms with Crippen molar-refractivity contribution < 1.29 is 14.3 Å². The predicted molar refractivity (Wildman–Crippen MR) is 105 cm³/mol. The summed E-state index contributed by atoms with van der Waals surface area (Å²) in [4.78, 5) is 32.2. The normalized spacial score (nSPS) is 20.2. The number of rotatable bonds is 6. The number of hydrogen-bond acceptors (Lipinski definition) is 4. The number of carbonyl (C=O) groups is 2. The maximum absolute atomic E-state index is 13.4. The van der Waals surface area contributed by atoms with Gasteiger partial charge >= 0.3 is 6.03 Å². The standard InChI is InChI=1S/C21H31N3O3/c1-16(2)8-11-24-20(26)23(15-17-6-5-7-18(14-17)27-4)19(25)21(24)9-12-22(3)13-10-21/h5-7,14,16H,8-13,15H2,1-4H3. The second-order valence-corrected chi connectivity index (χ2v) is 8.19. The van der Waals surface area contributed by atoms with Crippen molar-refractivity contribution in [3.05, 3.63) is 29.8 Å². The molecule has 3 amide bonds. The molecular formula is C21H31N3O3. The van der Waals surface area contributed by atoms with Crippen LogP contribution < -0.4 is 4.74 Å². The molecule has 6 heteroatoms. The Hall–Kier alpha value is -2.08. The largest absolute Gasteiger partial charge is 0.497 e. The Labute approximate surface area is 162 Å². The lowest BCUT2D eigenvalue weighted by atomic mass is 9.85. The molecule has 0 radical (unpaired) electrons. The summed E-state index contributed by atoms with van der Waals surface area (Å²) in [5.74, 6) is 1.19. The van der Waals surface area contributed by atoms with Crippen LogP contribution in [0.15, 0.2) is 24.3 Å². The number of benzene rings is 1. The highest BCUT2D eigenvalue weighted by Gasteiger charge is 2.57. The molecule has 0 bridgehead atoms. The van der Waals surface area contributed by atoms with Gasteiger partial charge in [-0.15, -0.1) is 0 Å². The van der Waals surface area contributed by atoms with Crippen LogP contribution in [-0.2, 0) is 11.3 Å². The number of nitrogens with zero attached hydrogens (tertiary/aromatic N) is 3. The van der Waals surface area contributed by atoms with Gasteiger partial charge in [-0.2, -0.15) is 0 Å². The molecule has 2 saturated heterocycles. The van der Waals surface area contributed by atoms with Crippen LogP contribution in [0.3, 0.4) is 0 Å². The Morgan fingerprint density at radius 2 is 1.89 bits per heavy atom. The molecule has 0 aromatic heterocycles. The van der Waals surface area contributed by atoms with Gasteiger partial charge in [0.1, 0.15) is 11.3 Å². The van der Waals surface area contributed by atoms with E-state index in [-0.39, 0.29) is 11.9 Å². The summed E-state index contributed by atoms with van der Waals surface area (Å²) in [7, 11) is 3.69. The molecule has 2 aliphatic heterocycles. The maximum Gasteiger partial charge on any atom is 0.327 e. The molecule has 2 aliphatic rings. The van der Waals surface area contributed by atoms with Crippen molar-refractivity contribution in [1.29, 1.82) is 0 Å². The first kappa shape index (κ1) is 19.7. The Kier molecular flexibility index (Phi) is 5.75. The summed E-state index contributed by atoms with van der Waals surface area (Å²) in [6.07, 6.45) is 2.32. The lowest BCUT2D eigenvalue weighted by Crippen LogP contribution is -2.56. The molecule has 3 rings (SSSR count). The first-order valence-corrected chi connectivity index (χ1v) is 9.82. The van der Waals surface area contributed by atoms with Crippen molar-refractivity contribution in [1.82, 2.24) is 14.7 Å². The van der Waals surface area contributed by atoms with Crippen LogP contribution in [0, 0.1) is 5.92 Å². The van der Waals surface area contributed by atoms with Crippen molar-refractivity contribution in [3.8, 4) is 5.75 Å². The lowest BCUT2D eigenvalue weighted by Gasteiger charge is -2.41.